The van der Waals surface area contributed by atoms with Crippen molar-refractivity contribution in [1.29, 1.82) is 0 Å². The van der Waals surface area contributed by atoms with E-state index in [0.29, 0.717) is 11.3 Å². The Kier molecular flexibility index (Phi) is 6.12. The van der Waals surface area contributed by atoms with Gasteiger partial charge in [0.2, 0.25) is 0 Å². The summed E-state index contributed by atoms with van der Waals surface area (Å²) in [5.41, 5.74) is 2.84. The number of carbonyl (C=O) groups excluding carboxylic acids is 1. The van der Waals surface area contributed by atoms with Gasteiger partial charge in [0.25, 0.3) is 5.91 Å². The number of rotatable bonds is 6. The normalized spacial score (nSPS) is 15.5. The first-order chi connectivity index (χ1) is 12.7. The smallest absolute Gasteiger partial charge is 0.255 e. The Morgan fingerprint density at radius 2 is 1.88 bits per heavy atom. The van der Waals surface area contributed by atoms with Crippen molar-refractivity contribution in [2.45, 2.75) is 25.4 Å². The van der Waals surface area contributed by atoms with Gasteiger partial charge in [-0.1, -0.05) is 30.3 Å². The van der Waals surface area contributed by atoms with Gasteiger partial charge < -0.3 is 15.4 Å². The fourth-order valence-electron chi connectivity index (χ4n) is 3.37. The van der Waals surface area contributed by atoms with E-state index in [1.807, 2.05) is 31.3 Å². The van der Waals surface area contributed by atoms with E-state index < -0.39 is 0 Å². The van der Waals surface area contributed by atoms with Gasteiger partial charge in [-0.25, -0.2) is 0 Å². The molecule has 5 nitrogen and oxygen atoms in total. The molecule has 1 amide bonds. The Bertz CT molecular complexity index is 725. The van der Waals surface area contributed by atoms with Crippen LogP contribution in [0.15, 0.2) is 48.5 Å². The van der Waals surface area contributed by atoms with E-state index in [1.54, 1.807) is 7.11 Å². The van der Waals surface area contributed by atoms with Crippen molar-refractivity contribution in [3.63, 3.8) is 0 Å². The van der Waals surface area contributed by atoms with Crippen LogP contribution in [0.5, 0.6) is 5.75 Å². The number of amides is 1. The zero-order valence-electron chi connectivity index (χ0n) is 15.5. The van der Waals surface area contributed by atoms with Crippen molar-refractivity contribution in [2.75, 3.05) is 32.6 Å². The standard InChI is InChI=1S/C21H27N3O2/c1-22-18-8-9-19(20(14-18)26-2)21(25)23-17-10-12-24(13-11-17)15-16-6-4-3-5-7-16/h3-9,14,17,22H,10-13,15H2,1-2H3,(H,23,25). The van der Waals surface area contributed by atoms with Gasteiger partial charge >= 0.3 is 0 Å². The largest absolute Gasteiger partial charge is 0.496 e. The molecule has 2 N–H and O–H groups in total. The monoisotopic (exact) mass is 353 g/mol. The topological polar surface area (TPSA) is 53.6 Å². The lowest BCUT2D eigenvalue weighted by atomic mass is 10.0. The molecule has 0 aliphatic carbocycles. The second-order valence-corrected chi connectivity index (χ2v) is 6.67. The summed E-state index contributed by atoms with van der Waals surface area (Å²) in [7, 11) is 3.44. The third kappa shape index (κ3) is 4.55. The molecule has 0 bridgehead atoms. The van der Waals surface area contributed by atoms with Crippen molar-refractivity contribution in [2.24, 2.45) is 0 Å². The quantitative estimate of drug-likeness (QED) is 0.838. The molecule has 1 saturated heterocycles. The van der Waals surface area contributed by atoms with Crippen molar-refractivity contribution in [1.82, 2.24) is 10.2 Å². The number of methoxy groups -OCH3 is 1. The molecular formula is C21H27N3O2. The lowest BCUT2D eigenvalue weighted by Gasteiger charge is -2.32. The number of hydrogen-bond donors (Lipinski definition) is 2. The van der Waals surface area contributed by atoms with Crippen LogP contribution in [-0.4, -0.2) is 44.1 Å². The molecule has 2 aromatic rings. The SMILES string of the molecule is CNc1ccc(C(=O)NC2CCN(Cc3ccccc3)CC2)c(OC)c1. The average molecular weight is 353 g/mol. The molecule has 3 rings (SSSR count). The molecule has 1 aliphatic rings. The van der Waals surface area contributed by atoms with Crippen LogP contribution in [0.1, 0.15) is 28.8 Å². The van der Waals surface area contributed by atoms with Gasteiger partial charge in [-0.05, 0) is 30.5 Å². The molecule has 1 heterocycles. The van der Waals surface area contributed by atoms with Gasteiger partial charge in [0, 0.05) is 44.5 Å². The van der Waals surface area contributed by atoms with Gasteiger partial charge in [-0.15, -0.1) is 0 Å². The number of ether oxygens (including phenoxy) is 1. The van der Waals surface area contributed by atoms with E-state index in [2.05, 4.69) is 39.8 Å². The Morgan fingerprint density at radius 3 is 2.54 bits per heavy atom. The minimum absolute atomic E-state index is 0.0639. The summed E-state index contributed by atoms with van der Waals surface area (Å²) >= 11 is 0. The van der Waals surface area contributed by atoms with Gasteiger partial charge in [0.1, 0.15) is 5.75 Å². The van der Waals surface area contributed by atoms with Crippen LogP contribution in [-0.2, 0) is 6.54 Å². The van der Waals surface area contributed by atoms with Crippen LogP contribution in [0.4, 0.5) is 5.69 Å². The fourth-order valence-corrected chi connectivity index (χ4v) is 3.37. The van der Waals surface area contributed by atoms with Gasteiger partial charge in [-0.3, -0.25) is 9.69 Å². The molecular weight excluding hydrogens is 326 g/mol. The molecule has 0 aromatic heterocycles. The highest BCUT2D eigenvalue weighted by Crippen LogP contribution is 2.23. The van der Waals surface area contributed by atoms with Gasteiger partial charge in [0.05, 0.1) is 12.7 Å². The molecule has 138 valence electrons. The van der Waals surface area contributed by atoms with E-state index in [1.165, 1.54) is 5.56 Å². The number of nitrogens with zero attached hydrogens (tertiary/aromatic N) is 1. The number of benzene rings is 2. The number of likely N-dealkylation sites (tertiary alicyclic amines) is 1. The summed E-state index contributed by atoms with van der Waals surface area (Å²) in [6.45, 7) is 2.96. The number of nitrogens with one attached hydrogen (secondary N) is 2. The number of carbonyl (C=O) groups is 1. The number of piperidine rings is 1. The number of hydrogen-bond acceptors (Lipinski definition) is 4. The molecule has 0 radical (unpaired) electrons. The van der Waals surface area contributed by atoms with E-state index in [-0.39, 0.29) is 11.9 Å². The highest BCUT2D eigenvalue weighted by molar-refractivity contribution is 5.97. The van der Waals surface area contributed by atoms with E-state index >= 15 is 0 Å². The summed E-state index contributed by atoms with van der Waals surface area (Å²) < 4.78 is 5.37. The lowest BCUT2D eigenvalue weighted by molar-refractivity contribution is 0.0906. The second-order valence-electron chi connectivity index (χ2n) is 6.67. The van der Waals surface area contributed by atoms with Gasteiger partial charge in [-0.2, -0.15) is 0 Å². The second kappa shape index (κ2) is 8.72. The molecule has 0 spiro atoms. The predicted molar refractivity (Wildman–Crippen MR) is 105 cm³/mol. The Labute approximate surface area is 155 Å². The van der Waals surface area contributed by atoms with Crippen LogP contribution in [0.3, 0.4) is 0 Å². The van der Waals surface area contributed by atoms with Crippen LogP contribution < -0.4 is 15.4 Å². The fraction of sp³-hybridized carbons (Fsp3) is 0.381. The Morgan fingerprint density at radius 1 is 1.15 bits per heavy atom. The maximum Gasteiger partial charge on any atom is 0.255 e. The highest BCUT2D eigenvalue weighted by Gasteiger charge is 2.22. The Hall–Kier alpha value is -2.53. The molecule has 1 fully saturated rings. The molecule has 0 unspecified atom stereocenters. The first kappa shape index (κ1) is 18.3. The van der Waals surface area contributed by atoms with E-state index in [4.69, 9.17) is 4.74 Å². The van der Waals surface area contributed by atoms with Crippen LogP contribution in [0.25, 0.3) is 0 Å². The summed E-state index contributed by atoms with van der Waals surface area (Å²) in [6, 6.07) is 16.3. The zero-order chi connectivity index (χ0) is 18.4. The molecule has 0 atom stereocenters. The third-order valence-corrected chi connectivity index (χ3v) is 4.91. The van der Waals surface area contributed by atoms with Crippen molar-refractivity contribution in [3.05, 3.63) is 59.7 Å². The molecule has 2 aromatic carbocycles. The molecule has 0 saturated carbocycles. The maximum absolute atomic E-state index is 12.6. The summed E-state index contributed by atoms with van der Waals surface area (Å²) in [5.74, 6) is 0.530. The summed E-state index contributed by atoms with van der Waals surface area (Å²) in [5, 5.41) is 6.22. The van der Waals surface area contributed by atoms with Crippen LogP contribution >= 0.6 is 0 Å². The van der Waals surface area contributed by atoms with Crippen LogP contribution in [0.2, 0.25) is 0 Å². The van der Waals surface area contributed by atoms with Crippen molar-refractivity contribution < 1.29 is 9.53 Å². The first-order valence-corrected chi connectivity index (χ1v) is 9.12. The summed E-state index contributed by atoms with van der Waals surface area (Å²) in [6.07, 6.45) is 1.94. The summed E-state index contributed by atoms with van der Waals surface area (Å²) in [4.78, 5) is 15.1. The maximum atomic E-state index is 12.6. The predicted octanol–water partition coefficient (Wildman–Crippen LogP) is 3.13. The molecule has 26 heavy (non-hydrogen) atoms. The van der Waals surface area contributed by atoms with E-state index in [0.717, 1.165) is 38.2 Å². The minimum atomic E-state index is -0.0639. The lowest BCUT2D eigenvalue weighted by Crippen LogP contribution is -2.44. The molecule has 5 heteroatoms. The Balaban J connectivity index is 1.53. The highest BCUT2D eigenvalue weighted by atomic mass is 16.5. The molecule has 1 aliphatic heterocycles. The van der Waals surface area contributed by atoms with E-state index in [9.17, 15) is 4.79 Å². The van der Waals surface area contributed by atoms with Crippen LogP contribution in [0, 0.1) is 0 Å². The first-order valence-electron chi connectivity index (χ1n) is 9.12. The number of anilines is 1. The minimum Gasteiger partial charge on any atom is -0.496 e. The zero-order valence-corrected chi connectivity index (χ0v) is 15.5. The van der Waals surface area contributed by atoms with Crippen molar-refractivity contribution in [3.8, 4) is 5.75 Å². The average Bonchev–Trinajstić information content (AvgIpc) is 2.69. The van der Waals surface area contributed by atoms with Gasteiger partial charge in [0.15, 0.2) is 0 Å². The van der Waals surface area contributed by atoms with Crippen molar-refractivity contribution >= 4 is 11.6 Å². The third-order valence-electron chi connectivity index (χ3n) is 4.91.